The molecule has 0 saturated heterocycles. The third-order valence-corrected chi connectivity index (χ3v) is 5.32. The lowest BCUT2D eigenvalue weighted by molar-refractivity contribution is -0.148. The molecule has 0 N–H and O–H groups in total. The summed E-state index contributed by atoms with van der Waals surface area (Å²) < 4.78 is 17.5. The number of esters is 2. The molecule has 0 unspecified atom stereocenters. The molecule has 0 radical (unpaired) electrons. The van der Waals surface area contributed by atoms with E-state index in [9.17, 15) is 9.59 Å². The van der Waals surface area contributed by atoms with E-state index in [0.717, 1.165) is 26.0 Å². The van der Waals surface area contributed by atoms with Crippen molar-refractivity contribution in [1.82, 2.24) is 0 Å². The Balaban J connectivity index is 2.23. The molecule has 6 heteroatoms. The van der Waals surface area contributed by atoms with Gasteiger partial charge in [0.05, 0.1) is 10.2 Å². The predicted octanol–water partition coefficient (Wildman–Crippen LogP) is 6.11. The van der Waals surface area contributed by atoms with Gasteiger partial charge in [-0.1, -0.05) is 30.3 Å². The van der Waals surface area contributed by atoms with Crippen LogP contribution in [-0.4, -0.2) is 24.1 Å². The second kappa shape index (κ2) is 12.6. The summed E-state index contributed by atoms with van der Waals surface area (Å²) in [6.07, 6.45) is 4.93. The summed E-state index contributed by atoms with van der Waals surface area (Å²) in [6, 6.07) is 13.8. The number of aryl methyl sites for hydroxylation is 1. The summed E-state index contributed by atoms with van der Waals surface area (Å²) in [5.41, 5.74) is 2.35. The van der Waals surface area contributed by atoms with Crippen molar-refractivity contribution in [1.29, 1.82) is 0 Å². The van der Waals surface area contributed by atoms with Crippen LogP contribution in [0.4, 0.5) is 0 Å². The molecule has 5 nitrogen and oxygen atoms in total. The SMILES string of the molecule is CCOC(=O)CCCc1cccc(COc2ccccc2I)c1/C=C/C(=O)OC(C)(C)C. The second-order valence-corrected chi connectivity index (χ2v) is 9.40. The maximum atomic E-state index is 12.3. The first kappa shape index (κ1) is 25.9. The van der Waals surface area contributed by atoms with Crippen LogP contribution >= 0.6 is 22.6 Å². The van der Waals surface area contributed by atoms with E-state index in [1.807, 2.05) is 63.2 Å². The van der Waals surface area contributed by atoms with Crippen molar-refractivity contribution >= 4 is 40.6 Å². The highest BCUT2D eigenvalue weighted by Gasteiger charge is 2.15. The maximum Gasteiger partial charge on any atom is 0.331 e. The molecule has 0 aromatic heterocycles. The van der Waals surface area contributed by atoms with Gasteiger partial charge in [-0.2, -0.15) is 0 Å². The van der Waals surface area contributed by atoms with Gasteiger partial charge in [0.15, 0.2) is 0 Å². The van der Waals surface area contributed by atoms with Gasteiger partial charge in [0.25, 0.3) is 0 Å². The average molecular weight is 550 g/mol. The highest BCUT2D eigenvalue weighted by Crippen LogP contribution is 2.24. The van der Waals surface area contributed by atoms with E-state index in [4.69, 9.17) is 14.2 Å². The zero-order valence-corrected chi connectivity index (χ0v) is 21.3. The number of carbonyl (C=O) groups is 2. The van der Waals surface area contributed by atoms with Crippen molar-refractivity contribution in [2.75, 3.05) is 6.61 Å². The van der Waals surface area contributed by atoms with E-state index < -0.39 is 11.6 Å². The fourth-order valence-electron chi connectivity index (χ4n) is 3.08. The maximum absolute atomic E-state index is 12.3. The molecule has 2 aromatic carbocycles. The number of carbonyl (C=O) groups excluding carboxylic acids is 2. The molecule has 0 aliphatic heterocycles. The van der Waals surface area contributed by atoms with Crippen LogP contribution in [0.3, 0.4) is 0 Å². The molecule has 0 saturated carbocycles. The Morgan fingerprint density at radius 2 is 1.75 bits per heavy atom. The third kappa shape index (κ3) is 9.02. The van der Waals surface area contributed by atoms with Gasteiger partial charge >= 0.3 is 11.9 Å². The lowest BCUT2D eigenvalue weighted by Gasteiger charge is -2.18. The molecular weight excluding hydrogens is 519 g/mol. The predicted molar refractivity (Wildman–Crippen MR) is 134 cm³/mol. The van der Waals surface area contributed by atoms with Gasteiger partial charge in [-0.15, -0.1) is 0 Å². The summed E-state index contributed by atoms with van der Waals surface area (Å²) in [7, 11) is 0. The molecule has 0 amide bonds. The van der Waals surface area contributed by atoms with Crippen molar-refractivity contribution < 1.29 is 23.8 Å². The number of ether oxygens (including phenoxy) is 3. The Kier molecular flexibility index (Phi) is 10.2. The highest BCUT2D eigenvalue weighted by molar-refractivity contribution is 14.1. The fraction of sp³-hybridized carbons (Fsp3) is 0.385. The molecule has 0 aliphatic rings. The normalized spacial score (nSPS) is 11.4. The minimum absolute atomic E-state index is 0.198. The molecule has 0 bridgehead atoms. The number of hydrogen-bond donors (Lipinski definition) is 0. The van der Waals surface area contributed by atoms with Gasteiger partial charge < -0.3 is 14.2 Å². The lowest BCUT2D eigenvalue weighted by Crippen LogP contribution is -2.22. The molecule has 172 valence electrons. The van der Waals surface area contributed by atoms with Crippen molar-refractivity contribution in [3.8, 4) is 5.75 Å². The molecule has 32 heavy (non-hydrogen) atoms. The summed E-state index contributed by atoms with van der Waals surface area (Å²) in [6.45, 7) is 8.05. The van der Waals surface area contributed by atoms with Crippen molar-refractivity contribution in [2.45, 2.75) is 59.2 Å². The Bertz CT molecular complexity index is 943. The third-order valence-electron chi connectivity index (χ3n) is 4.43. The number of benzene rings is 2. The zero-order chi connectivity index (χ0) is 23.6. The smallest absolute Gasteiger partial charge is 0.331 e. The van der Waals surface area contributed by atoms with E-state index in [1.54, 1.807) is 13.0 Å². The van der Waals surface area contributed by atoms with Crippen LogP contribution in [0, 0.1) is 3.57 Å². The van der Waals surface area contributed by atoms with E-state index in [2.05, 4.69) is 22.6 Å². The number of halogens is 1. The molecule has 0 fully saturated rings. The summed E-state index contributed by atoms with van der Waals surface area (Å²) in [5, 5.41) is 0. The van der Waals surface area contributed by atoms with Gasteiger partial charge in [0, 0.05) is 12.5 Å². The van der Waals surface area contributed by atoms with Crippen molar-refractivity contribution in [2.24, 2.45) is 0 Å². The first-order valence-electron chi connectivity index (χ1n) is 10.7. The Morgan fingerprint density at radius 1 is 1.03 bits per heavy atom. The quantitative estimate of drug-likeness (QED) is 0.203. The molecular formula is C26H31IO5. The molecule has 2 rings (SSSR count). The fourth-order valence-corrected chi connectivity index (χ4v) is 3.63. The minimum Gasteiger partial charge on any atom is -0.488 e. The Hall–Kier alpha value is -2.35. The van der Waals surface area contributed by atoms with Crippen molar-refractivity contribution in [3.05, 3.63) is 68.8 Å². The van der Waals surface area contributed by atoms with Crippen LogP contribution in [0.15, 0.2) is 48.5 Å². The van der Waals surface area contributed by atoms with Crippen LogP contribution in [0.5, 0.6) is 5.75 Å². The standard InChI is InChI=1S/C26H31IO5/c1-5-30-24(28)15-9-11-19-10-8-12-20(18-31-23-14-7-6-13-22(23)27)21(19)16-17-25(29)32-26(2,3)4/h6-8,10,12-14,16-17H,5,9,11,15,18H2,1-4H3/b17-16+. The second-order valence-electron chi connectivity index (χ2n) is 8.23. The molecule has 0 spiro atoms. The molecule has 0 aliphatic carbocycles. The number of rotatable bonds is 10. The van der Waals surface area contributed by atoms with Crippen LogP contribution in [0.1, 0.15) is 57.2 Å². The van der Waals surface area contributed by atoms with Gasteiger partial charge in [-0.25, -0.2) is 4.79 Å². The average Bonchev–Trinajstić information content (AvgIpc) is 2.71. The van der Waals surface area contributed by atoms with Gasteiger partial charge in [-0.05, 0) is 98.0 Å². The van der Waals surface area contributed by atoms with E-state index in [0.29, 0.717) is 32.5 Å². The van der Waals surface area contributed by atoms with Gasteiger partial charge in [-0.3, -0.25) is 4.79 Å². The van der Waals surface area contributed by atoms with E-state index >= 15 is 0 Å². The van der Waals surface area contributed by atoms with Crippen LogP contribution in [-0.2, 0) is 32.1 Å². The zero-order valence-electron chi connectivity index (χ0n) is 19.2. The Morgan fingerprint density at radius 3 is 2.44 bits per heavy atom. The van der Waals surface area contributed by atoms with Crippen LogP contribution in [0.25, 0.3) is 6.08 Å². The summed E-state index contributed by atoms with van der Waals surface area (Å²) >= 11 is 2.24. The molecule has 0 heterocycles. The Labute approximate surface area is 204 Å². The first-order chi connectivity index (χ1) is 15.2. The molecule has 2 aromatic rings. The van der Waals surface area contributed by atoms with E-state index in [-0.39, 0.29) is 5.97 Å². The number of hydrogen-bond acceptors (Lipinski definition) is 5. The van der Waals surface area contributed by atoms with Gasteiger partial charge in [0.1, 0.15) is 18.0 Å². The minimum atomic E-state index is -0.559. The van der Waals surface area contributed by atoms with Crippen LogP contribution in [0.2, 0.25) is 0 Å². The van der Waals surface area contributed by atoms with E-state index in [1.165, 1.54) is 6.08 Å². The largest absolute Gasteiger partial charge is 0.488 e. The van der Waals surface area contributed by atoms with Crippen LogP contribution < -0.4 is 4.74 Å². The topological polar surface area (TPSA) is 61.8 Å². The van der Waals surface area contributed by atoms with Gasteiger partial charge in [0.2, 0.25) is 0 Å². The molecule has 0 atom stereocenters. The van der Waals surface area contributed by atoms with Crippen molar-refractivity contribution in [3.63, 3.8) is 0 Å². The lowest BCUT2D eigenvalue weighted by atomic mass is 9.96. The number of para-hydroxylation sites is 1. The highest BCUT2D eigenvalue weighted by atomic mass is 127. The summed E-state index contributed by atoms with van der Waals surface area (Å²) in [5.74, 6) is 0.211. The first-order valence-corrected chi connectivity index (χ1v) is 11.8. The monoisotopic (exact) mass is 550 g/mol. The summed E-state index contributed by atoms with van der Waals surface area (Å²) in [4.78, 5) is 24.0.